The molecule has 4 atom stereocenters. The Kier molecular flexibility index (Phi) is 5.90. The number of allylic oxidation sites excluding steroid dienone is 6. The van der Waals surface area contributed by atoms with Gasteiger partial charge in [0.05, 0.1) is 24.6 Å². The number of benzene rings is 2. The molecular formula is C32H29NO6. The zero-order chi connectivity index (χ0) is 27.6. The van der Waals surface area contributed by atoms with Crippen LogP contribution in [0.3, 0.4) is 0 Å². The molecule has 0 saturated carbocycles. The molecule has 1 aliphatic heterocycles. The van der Waals surface area contributed by atoms with Crippen LogP contribution in [0.4, 0.5) is 5.69 Å². The third-order valence-corrected chi connectivity index (χ3v) is 8.72. The number of aromatic hydroxyl groups is 1. The summed E-state index contributed by atoms with van der Waals surface area (Å²) in [4.78, 5) is 55.7. The van der Waals surface area contributed by atoms with E-state index in [-0.39, 0.29) is 35.6 Å². The number of fused-ring (bicyclic) bond motifs is 3. The van der Waals surface area contributed by atoms with Crippen LogP contribution in [0.1, 0.15) is 43.7 Å². The van der Waals surface area contributed by atoms with Gasteiger partial charge in [-0.15, -0.1) is 0 Å². The van der Waals surface area contributed by atoms with Crippen LogP contribution in [0.5, 0.6) is 11.5 Å². The molecule has 1 heterocycles. The molecule has 0 bridgehead atoms. The largest absolute Gasteiger partial charge is 0.507 e. The minimum absolute atomic E-state index is 0.0613. The maximum Gasteiger partial charge on any atom is 0.238 e. The van der Waals surface area contributed by atoms with Gasteiger partial charge in [-0.1, -0.05) is 36.8 Å². The maximum atomic E-state index is 14.0. The molecule has 3 aliphatic carbocycles. The molecule has 2 aromatic carbocycles. The van der Waals surface area contributed by atoms with E-state index < -0.39 is 23.7 Å². The highest BCUT2D eigenvalue weighted by atomic mass is 16.5. The lowest BCUT2D eigenvalue weighted by molar-refractivity contribution is -0.123. The number of ketones is 2. The summed E-state index contributed by atoms with van der Waals surface area (Å²) < 4.78 is 5.60. The van der Waals surface area contributed by atoms with Crippen LogP contribution in [0.2, 0.25) is 0 Å². The number of carbonyl (C=O) groups is 4. The van der Waals surface area contributed by atoms with Crippen LogP contribution < -0.4 is 9.64 Å². The van der Waals surface area contributed by atoms with Gasteiger partial charge in [0, 0.05) is 28.2 Å². The molecule has 4 aliphatic rings. The topological polar surface area (TPSA) is 101 Å². The van der Waals surface area contributed by atoms with Crippen molar-refractivity contribution in [1.29, 1.82) is 0 Å². The summed E-state index contributed by atoms with van der Waals surface area (Å²) in [6.07, 6.45) is 4.64. The number of Topliss-reactive ketones (excluding diaryl/α,β-unsaturated/α-hetero) is 1. The molecule has 4 unspecified atom stereocenters. The fourth-order valence-electron chi connectivity index (χ4n) is 6.83. The summed E-state index contributed by atoms with van der Waals surface area (Å²) in [5.41, 5.74) is 3.81. The van der Waals surface area contributed by atoms with Crippen molar-refractivity contribution < 1.29 is 29.0 Å². The smallest absolute Gasteiger partial charge is 0.238 e. The zero-order valence-corrected chi connectivity index (χ0v) is 22.1. The number of phenols is 1. The van der Waals surface area contributed by atoms with Gasteiger partial charge < -0.3 is 9.84 Å². The molecular weight excluding hydrogens is 494 g/mol. The molecule has 2 aromatic rings. The number of rotatable bonds is 4. The SMILES string of the molecule is CCc1ccc(N2C(=O)C3CC=C4C(c5c(O)cccc5OC)C5=C(CC4C3C2=O)C(=O)C=C(C)C5=O)cc1. The van der Waals surface area contributed by atoms with E-state index in [0.29, 0.717) is 40.1 Å². The molecule has 2 amide bonds. The number of hydrogen-bond donors (Lipinski definition) is 1. The molecule has 1 fully saturated rings. The van der Waals surface area contributed by atoms with Crippen molar-refractivity contribution in [3.05, 3.63) is 88.0 Å². The van der Waals surface area contributed by atoms with Crippen molar-refractivity contribution in [1.82, 2.24) is 0 Å². The van der Waals surface area contributed by atoms with Crippen molar-refractivity contribution in [3.63, 3.8) is 0 Å². The Labute approximate surface area is 226 Å². The maximum absolute atomic E-state index is 14.0. The predicted octanol–water partition coefficient (Wildman–Crippen LogP) is 4.60. The van der Waals surface area contributed by atoms with Gasteiger partial charge in [0.25, 0.3) is 0 Å². The summed E-state index contributed by atoms with van der Waals surface area (Å²) in [6, 6.07) is 12.3. The standard InChI is InChI=1S/C32H29NO6/c1-4-17-8-10-18(11-9-17)33-31(37)20-13-12-19-21(26(20)32(33)38)15-22-24(35)14-16(2)30(36)28(22)27(19)29-23(34)6-5-7-25(29)39-3/h5-12,14,20-21,26-27,34H,4,13,15H2,1-3H3. The lowest BCUT2D eigenvalue weighted by Crippen LogP contribution is -2.40. The molecule has 0 spiro atoms. The summed E-state index contributed by atoms with van der Waals surface area (Å²) in [5, 5.41) is 11.0. The minimum Gasteiger partial charge on any atom is -0.507 e. The van der Waals surface area contributed by atoms with Gasteiger partial charge in [-0.25, -0.2) is 0 Å². The van der Waals surface area contributed by atoms with Crippen LogP contribution >= 0.6 is 0 Å². The van der Waals surface area contributed by atoms with Crippen LogP contribution in [0, 0.1) is 17.8 Å². The van der Waals surface area contributed by atoms with E-state index in [1.54, 1.807) is 31.2 Å². The van der Waals surface area contributed by atoms with E-state index in [1.807, 2.05) is 25.1 Å². The minimum atomic E-state index is -0.767. The van der Waals surface area contributed by atoms with Crippen molar-refractivity contribution >= 4 is 29.1 Å². The Hall–Kier alpha value is -4.26. The Morgan fingerprint density at radius 2 is 1.74 bits per heavy atom. The third-order valence-electron chi connectivity index (χ3n) is 8.72. The number of ether oxygens (including phenoxy) is 1. The van der Waals surface area contributed by atoms with Gasteiger partial charge >= 0.3 is 0 Å². The summed E-state index contributed by atoms with van der Waals surface area (Å²) in [6.45, 7) is 3.65. The summed E-state index contributed by atoms with van der Waals surface area (Å²) >= 11 is 0. The van der Waals surface area contributed by atoms with E-state index in [9.17, 15) is 24.3 Å². The lowest BCUT2D eigenvalue weighted by atomic mass is 9.59. The van der Waals surface area contributed by atoms with E-state index >= 15 is 0 Å². The first-order valence-corrected chi connectivity index (χ1v) is 13.3. The quantitative estimate of drug-likeness (QED) is 0.357. The van der Waals surface area contributed by atoms with E-state index in [0.717, 1.165) is 17.6 Å². The molecule has 0 aromatic heterocycles. The second-order valence-electron chi connectivity index (χ2n) is 10.7. The van der Waals surface area contributed by atoms with E-state index in [1.165, 1.54) is 24.2 Å². The molecule has 198 valence electrons. The fourth-order valence-corrected chi connectivity index (χ4v) is 6.83. The number of hydrogen-bond acceptors (Lipinski definition) is 6. The molecule has 39 heavy (non-hydrogen) atoms. The average molecular weight is 524 g/mol. The van der Waals surface area contributed by atoms with Crippen LogP contribution in [0.25, 0.3) is 0 Å². The fraction of sp³-hybridized carbons (Fsp3) is 0.312. The molecule has 0 radical (unpaired) electrons. The number of aryl methyl sites for hydroxylation is 1. The van der Waals surface area contributed by atoms with Crippen LogP contribution in [0.15, 0.2) is 76.9 Å². The molecule has 1 N–H and O–H groups in total. The Morgan fingerprint density at radius 3 is 2.44 bits per heavy atom. The lowest BCUT2D eigenvalue weighted by Gasteiger charge is -2.42. The highest BCUT2D eigenvalue weighted by molar-refractivity contribution is 6.25. The Bertz CT molecular complexity index is 1540. The first-order chi connectivity index (χ1) is 18.8. The van der Waals surface area contributed by atoms with Crippen molar-refractivity contribution in [2.45, 2.75) is 39.0 Å². The van der Waals surface area contributed by atoms with Gasteiger partial charge in [0.15, 0.2) is 11.6 Å². The van der Waals surface area contributed by atoms with E-state index in [2.05, 4.69) is 0 Å². The summed E-state index contributed by atoms with van der Waals surface area (Å²) in [7, 11) is 1.49. The number of imide groups is 1. The van der Waals surface area contributed by atoms with E-state index in [4.69, 9.17) is 4.74 Å². The zero-order valence-electron chi connectivity index (χ0n) is 22.1. The second-order valence-corrected chi connectivity index (χ2v) is 10.7. The normalized spacial score (nSPS) is 26.2. The Morgan fingerprint density at radius 1 is 1.00 bits per heavy atom. The molecule has 7 nitrogen and oxygen atoms in total. The number of anilines is 1. The third kappa shape index (κ3) is 3.63. The number of carbonyl (C=O) groups excluding carboxylic acids is 4. The highest BCUT2D eigenvalue weighted by Crippen LogP contribution is 2.57. The van der Waals surface area contributed by atoms with Gasteiger partial charge in [-0.05, 0) is 68.0 Å². The van der Waals surface area contributed by atoms with Crippen LogP contribution in [-0.2, 0) is 25.6 Å². The van der Waals surface area contributed by atoms with Gasteiger partial charge in [0.2, 0.25) is 11.8 Å². The number of phenolic OH excluding ortho intramolecular Hbond substituents is 1. The number of amides is 2. The monoisotopic (exact) mass is 523 g/mol. The number of methoxy groups -OCH3 is 1. The molecule has 6 rings (SSSR count). The first-order valence-electron chi connectivity index (χ1n) is 13.3. The van der Waals surface area contributed by atoms with Gasteiger partial charge in [0.1, 0.15) is 11.5 Å². The molecule has 7 heteroatoms. The van der Waals surface area contributed by atoms with Gasteiger partial charge in [-0.2, -0.15) is 0 Å². The second kappa shape index (κ2) is 9.19. The number of nitrogens with zero attached hydrogens (tertiary/aromatic N) is 1. The molecule has 1 saturated heterocycles. The van der Waals surface area contributed by atoms with Crippen molar-refractivity contribution in [2.75, 3.05) is 12.0 Å². The highest BCUT2D eigenvalue weighted by Gasteiger charge is 2.57. The summed E-state index contributed by atoms with van der Waals surface area (Å²) in [5.74, 6) is -3.22. The average Bonchev–Trinajstić information content (AvgIpc) is 3.20. The van der Waals surface area contributed by atoms with Gasteiger partial charge in [-0.3, -0.25) is 24.1 Å². The van der Waals surface area contributed by atoms with Crippen molar-refractivity contribution in [2.24, 2.45) is 17.8 Å². The van der Waals surface area contributed by atoms with Crippen LogP contribution in [-0.4, -0.2) is 35.6 Å². The van der Waals surface area contributed by atoms with Crippen molar-refractivity contribution in [3.8, 4) is 11.5 Å². The first kappa shape index (κ1) is 25.0. The predicted molar refractivity (Wildman–Crippen MR) is 144 cm³/mol. The Balaban J connectivity index is 1.50.